The normalized spacial score (nSPS) is 8.50. The Bertz CT molecular complexity index is 359. The zero-order valence-corrected chi connectivity index (χ0v) is 8.33. The molecule has 0 radical (unpaired) electrons. The van der Waals surface area contributed by atoms with Crippen molar-refractivity contribution in [1.29, 1.82) is 5.26 Å². The maximum Gasteiger partial charge on any atom is 0.223 e. The molecule has 1 aromatic heterocycles. The molecule has 14 heavy (non-hydrogen) atoms. The lowest BCUT2D eigenvalue weighted by Crippen LogP contribution is -2.35. The monoisotopic (exact) mass is 212 g/mol. The first kappa shape index (κ1) is 12.4. The van der Waals surface area contributed by atoms with Crippen LogP contribution in [0.5, 0.6) is 0 Å². The van der Waals surface area contributed by atoms with E-state index in [4.69, 9.17) is 11.0 Å². The maximum absolute atomic E-state index is 10.5. The number of nitrogens with two attached hydrogens (primary N) is 1. The van der Waals surface area contributed by atoms with Gasteiger partial charge in [0.05, 0.1) is 6.42 Å². The third kappa shape index (κ3) is 3.87. The average molecular weight is 213 g/mol. The summed E-state index contributed by atoms with van der Waals surface area (Å²) in [6.45, 7) is 0.519. The minimum absolute atomic E-state index is 0. The predicted molar refractivity (Wildman–Crippen MR) is 52.4 cm³/mol. The molecule has 0 bridgehead atoms. The average Bonchev–Trinajstić information content (AvgIpc) is 2.15. The molecule has 0 aliphatic rings. The number of pyridine rings is 1. The van der Waals surface area contributed by atoms with Crippen LogP contribution >= 0.6 is 12.4 Å². The van der Waals surface area contributed by atoms with Gasteiger partial charge in [0.15, 0.2) is 18.9 Å². The molecule has 4 nitrogen and oxygen atoms in total. The summed E-state index contributed by atoms with van der Waals surface area (Å²) in [4.78, 5) is 10.5. The van der Waals surface area contributed by atoms with Crippen molar-refractivity contribution in [3.8, 4) is 6.07 Å². The van der Waals surface area contributed by atoms with Crippen molar-refractivity contribution in [2.24, 2.45) is 5.73 Å². The highest BCUT2D eigenvalue weighted by Gasteiger charge is 2.03. The molecular weight excluding hydrogens is 202 g/mol. The molecule has 0 saturated carbocycles. The van der Waals surface area contributed by atoms with Gasteiger partial charge in [-0.1, -0.05) is 0 Å². The molecule has 1 heterocycles. The van der Waals surface area contributed by atoms with E-state index < -0.39 is 0 Å². The number of rotatable bonds is 3. The van der Waals surface area contributed by atoms with E-state index >= 15 is 0 Å². The summed E-state index contributed by atoms with van der Waals surface area (Å²) in [5.41, 5.74) is 5.57. The second kappa shape index (κ2) is 5.95. The summed E-state index contributed by atoms with van der Waals surface area (Å²) < 4.78 is 1.77. The van der Waals surface area contributed by atoms with Crippen LogP contribution in [0.1, 0.15) is 12.0 Å². The highest BCUT2D eigenvalue weighted by Crippen LogP contribution is 1.90. The Morgan fingerprint density at radius 2 is 2.36 bits per heavy atom. The fraction of sp³-hybridized carbons (Fsp3) is 0.222. The van der Waals surface area contributed by atoms with Crippen molar-refractivity contribution >= 4 is 18.3 Å². The van der Waals surface area contributed by atoms with Crippen LogP contribution in [0, 0.1) is 11.3 Å². The van der Waals surface area contributed by atoms with Gasteiger partial charge in [0, 0.05) is 6.07 Å². The molecule has 1 aromatic rings. The Morgan fingerprint density at radius 1 is 1.64 bits per heavy atom. The standard InChI is InChI=1S/C9H9N3O.ClH/c10-6-8-2-1-4-12(7-8)5-3-9(11)13;/h1-2,4,7H,3,5H2,(H-,11,13);1H/p+1. The molecule has 2 N–H and O–H groups in total. The van der Waals surface area contributed by atoms with Crippen molar-refractivity contribution in [2.45, 2.75) is 13.0 Å². The second-order valence-corrected chi connectivity index (χ2v) is 2.66. The molecule has 0 fully saturated rings. The topological polar surface area (TPSA) is 70.8 Å². The van der Waals surface area contributed by atoms with Gasteiger partial charge in [-0.05, 0) is 6.07 Å². The zero-order chi connectivity index (χ0) is 9.68. The number of amides is 1. The highest BCUT2D eigenvalue weighted by atomic mass is 35.5. The first-order chi connectivity index (χ1) is 6.22. The minimum Gasteiger partial charge on any atom is -0.369 e. The van der Waals surface area contributed by atoms with Crippen molar-refractivity contribution in [3.63, 3.8) is 0 Å². The lowest BCUT2D eigenvalue weighted by molar-refractivity contribution is -0.695. The molecule has 0 spiro atoms. The van der Waals surface area contributed by atoms with E-state index in [0.29, 0.717) is 18.5 Å². The van der Waals surface area contributed by atoms with Gasteiger partial charge in [0.1, 0.15) is 11.6 Å². The number of carbonyl (C=O) groups is 1. The Kier molecular flexibility index (Phi) is 5.27. The number of aromatic nitrogens is 1. The number of halogens is 1. The lowest BCUT2D eigenvalue weighted by Gasteiger charge is -1.93. The van der Waals surface area contributed by atoms with Gasteiger partial charge in [-0.15, -0.1) is 12.4 Å². The Hall–Kier alpha value is -1.60. The van der Waals surface area contributed by atoms with Crippen LogP contribution in [0.2, 0.25) is 0 Å². The van der Waals surface area contributed by atoms with Crippen LogP contribution in [-0.2, 0) is 11.3 Å². The summed E-state index contributed by atoms with van der Waals surface area (Å²) >= 11 is 0. The van der Waals surface area contributed by atoms with Crippen LogP contribution in [0.3, 0.4) is 0 Å². The van der Waals surface area contributed by atoms with Crippen molar-refractivity contribution in [3.05, 3.63) is 30.1 Å². The van der Waals surface area contributed by atoms with E-state index in [-0.39, 0.29) is 18.3 Å². The summed E-state index contributed by atoms with van der Waals surface area (Å²) in [5.74, 6) is -0.338. The molecule has 0 aliphatic heterocycles. The summed E-state index contributed by atoms with van der Waals surface area (Å²) in [7, 11) is 0. The molecule has 0 unspecified atom stereocenters. The third-order valence-corrected chi connectivity index (χ3v) is 1.60. The molecule has 1 rings (SSSR count). The van der Waals surface area contributed by atoms with E-state index in [0.717, 1.165) is 0 Å². The number of hydrogen-bond donors (Lipinski definition) is 1. The largest absolute Gasteiger partial charge is 0.369 e. The number of aryl methyl sites for hydroxylation is 1. The van der Waals surface area contributed by atoms with E-state index in [1.54, 1.807) is 29.1 Å². The molecule has 5 heteroatoms. The smallest absolute Gasteiger partial charge is 0.223 e. The Morgan fingerprint density at radius 3 is 2.93 bits per heavy atom. The highest BCUT2D eigenvalue weighted by molar-refractivity contribution is 5.85. The predicted octanol–water partition coefficient (Wildman–Crippen LogP) is 0.143. The molecule has 0 aromatic carbocycles. The first-order valence-electron chi connectivity index (χ1n) is 3.90. The number of carbonyl (C=O) groups excluding carboxylic acids is 1. The van der Waals surface area contributed by atoms with Gasteiger partial charge >= 0.3 is 0 Å². The number of nitrogens with zero attached hydrogens (tertiary/aromatic N) is 2. The number of hydrogen-bond acceptors (Lipinski definition) is 2. The molecule has 1 amide bonds. The van der Waals surface area contributed by atoms with Crippen LogP contribution in [0.4, 0.5) is 0 Å². The van der Waals surface area contributed by atoms with E-state index in [9.17, 15) is 4.79 Å². The Balaban J connectivity index is 0.00000169. The van der Waals surface area contributed by atoms with Crippen LogP contribution in [0.25, 0.3) is 0 Å². The van der Waals surface area contributed by atoms with Gasteiger partial charge < -0.3 is 5.73 Å². The number of primary amides is 1. The van der Waals surface area contributed by atoms with Crippen molar-refractivity contribution in [2.75, 3.05) is 0 Å². The molecule has 0 atom stereocenters. The maximum atomic E-state index is 10.5. The summed E-state index contributed by atoms with van der Waals surface area (Å²) in [5, 5.41) is 8.58. The SMILES string of the molecule is Cl.N#Cc1ccc[n+](CCC(N)=O)c1. The van der Waals surface area contributed by atoms with Crippen LogP contribution in [-0.4, -0.2) is 5.91 Å². The van der Waals surface area contributed by atoms with Gasteiger partial charge in [-0.2, -0.15) is 5.26 Å². The first-order valence-corrected chi connectivity index (χ1v) is 3.90. The fourth-order valence-corrected chi connectivity index (χ4v) is 0.966. The van der Waals surface area contributed by atoms with Crippen molar-refractivity contribution < 1.29 is 9.36 Å². The molecule has 0 saturated heterocycles. The Labute approximate surface area is 88.4 Å². The lowest BCUT2D eigenvalue weighted by atomic mass is 10.3. The quantitative estimate of drug-likeness (QED) is 0.725. The van der Waals surface area contributed by atoms with E-state index in [1.807, 2.05) is 6.07 Å². The van der Waals surface area contributed by atoms with Crippen molar-refractivity contribution in [1.82, 2.24) is 0 Å². The molecular formula is C9H11ClN3O+. The second-order valence-electron chi connectivity index (χ2n) is 2.66. The van der Waals surface area contributed by atoms with Gasteiger partial charge in [0.2, 0.25) is 5.91 Å². The fourth-order valence-electron chi connectivity index (χ4n) is 0.966. The molecule has 0 aliphatic carbocycles. The number of nitriles is 1. The summed E-state index contributed by atoms with van der Waals surface area (Å²) in [6, 6.07) is 5.49. The van der Waals surface area contributed by atoms with Crippen LogP contribution < -0.4 is 10.3 Å². The van der Waals surface area contributed by atoms with E-state index in [2.05, 4.69) is 0 Å². The van der Waals surface area contributed by atoms with Gasteiger partial charge in [0.25, 0.3) is 0 Å². The summed E-state index contributed by atoms with van der Waals surface area (Å²) in [6.07, 6.45) is 3.77. The minimum atomic E-state index is -0.338. The molecule has 74 valence electrons. The van der Waals surface area contributed by atoms with E-state index in [1.165, 1.54) is 0 Å². The third-order valence-electron chi connectivity index (χ3n) is 1.60. The zero-order valence-electron chi connectivity index (χ0n) is 7.51. The van der Waals surface area contributed by atoms with Gasteiger partial charge in [-0.25, -0.2) is 4.57 Å². The van der Waals surface area contributed by atoms with Crippen LogP contribution in [0.15, 0.2) is 24.5 Å². The van der Waals surface area contributed by atoms with Gasteiger partial charge in [-0.3, -0.25) is 4.79 Å².